The Morgan fingerprint density at radius 3 is 2.76 bits per heavy atom. The number of nitrogens with zero attached hydrogens (tertiary/aromatic N) is 2. The number of aromatic nitrogens is 1. The first-order valence-electron chi connectivity index (χ1n) is 7.48. The van der Waals surface area contributed by atoms with Gasteiger partial charge in [-0.3, -0.25) is 0 Å². The Hall–Kier alpha value is -1.74. The third-order valence-corrected chi connectivity index (χ3v) is 4.62. The number of oxime groups is 1. The standard InChI is InChI=1S/C17H17ClN2O/c18-14-7-5-12(6-8-14)15-11-17(21-19-15)20-10-9-13-3-1-2-4-16(13)20/h5-10,17H,1-4,11H2. The zero-order chi connectivity index (χ0) is 14.2. The van der Waals surface area contributed by atoms with Gasteiger partial charge in [0.05, 0.1) is 12.1 Å². The maximum atomic E-state index is 5.93. The molecule has 21 heavy (non-hydrogen) atoms. The van der Waals surface area contributed by atoms with Crippen LogP contribution in [-0.2, 0) is 17.7 Å². The van der Waals surface area contributed by atoms with Crippen LogP contribution in [0.4, 0.5) is 0 Å². The van der Waals surface area contributed by atoms with Crippen molar-refractivity contribution in [1.82, 2.24) is 4.57 Å². The molecule has 4 heteroatoms. The van der Waals surface area contributed by atoms with E-state index >= 15 is 0 Å². The molecule has 3 nitrogen and oxygen atoms in total. The minimum Gasteiger partial charge on any atom is -0.370 e. The van der Waals surface area contributed by atoms with Crippen LogP contribution in [0.5, 0.6) is 0 Å². The molecule has 1 unspecified atom stereocenters. The highest BCUT2D eigenvalue weighted by Crippen LogP contribution is 2.31. The maximum Gasteiger partial charge on any atom is 0.209 e. The number of fused-ring (bicyclic) bond motifs is 1. The van der Waals surface area contributed by atoms with E-state index in [1.165, 1.54) is 30.5 Å². The van der Waals surface area contributed by atoms with Gasteiger partial charge in [0.1, 0.15) is 0 Å². The summed E-state index contributed by atoms with van der Waals surface area (Å²) in [6.45, 7) is 0. The first kappa shape index (κ1) is 13.0. The topological polar surface area (TPSA) is 26.5 Å². The van der Waals surface area contributed by atoms with E-state index in [0.717, 1.165) is 29.1 Å². The Morgan fingerprint density at radius 1 is 1.10 bits per heavy atom. The average Bonchev–Trinajstić information content (AvgIpc) is 3.14. The van der Waals surface area contributed by atoms with Gasteiger partial charge in [-0.05, 0) is 55.0 Å². The van der Waals surface area contributed by atoms with Gasteiger partial charge in [0, 0.05) is 16.9 Å². The molecular formula is C17H17ClN2O. The van der Waals surface area contributed by atoms with Crippen molar-refractivity contribution in [2.24, 2.45) is 5.16 Å². The van der Waals surface area contributed by atoms with E-state index in [1.54, 1.807) is 0 Å². The molecule has 0 bridgehead atoms. The van der Waals surface area contributed by atoms with E-state index < -0.39 is 0 Å². The van der Waals surface area contributed by atoms with Crippen molar-refractivity contribution in [2.75, 3.05) is 0 Å². The highest BCUT2D eigenvalue weighted by Gasteiger charge is 2.26. The lowest BCUT2D eigenvalue weighted by atomic mass is 9.98. The van der Waals surface area contributed by atoms with Gasteiger partial charge in [-0.15, -0.1) is 0 Å². The molecule has 1 aromatic carbocycles. The van der Waals surface area contributed by atoms with Gasteiger partial charge in [0.2, 0.25) is 6.23 Å². The van der Waals surface area contributed by atoms with Crippen molar-refractivity contribution in [1.29, 1.82) is 0 Å². The fourth-order valence-corrected chi connectivity index (χ4v) is 3.37. The van der Waals surface area contributed by atoms with E-state index in [2.05, 4.69) is 22.0 Å². The molecule has 2 aromatic rings. The van der Waals surface area contributed by atoms with Gasteiger partial charge in [-0.1, -0.05) is 28.9 Å². The van der Waals surface area contributed by atoms with Crippen LogP contribution in [0.15, 0.2) is 41.7 Å². The number of halogens is 1. The third kappa shape index (κ3) is 2.36. The molecule has 0 saturated heterocycles. The van der Waals surface area contributed by atoms with Crippen LogP contribution < -0.4 is 0 Å². The predicted molar refractivity (Wildman–Crippen MR) is 83.8 cm³/mol. The summed E-state index contributed by atoms with van der Waals surface area (Å²) >= 11 is 5.93. The highest BCUT2D eigenvalue weighted by atomic mass is 35.5. The van der Waals surface area contributed by atoms with Gasteiger partial charge in [0.15, 0.2) is 0 Å². The maximum absolute atomic E-state index is 5.93. The fourth-order valence-electron chi connectivity index (χ4n) is 3.24. The van der Waals surface area contributed by atoms with Crippen LogP contribution >= 0.6 is 11.6 Å². The summed E-state index contributed by atoms with van der Waals surface area (Å²) in [5.41, 5.74) is 4.99. The Balaban J connectivity index is 1.55. The molecule has 0 radical (unpaired) electrons. The predicted octanol–water partition coefficient (Wildman–Crippen LogP) is 4.34. The molecule has 0 N–H and O–H groups in total. The fraction of sp³-hybridized carbons (Fsp3) is 0.353. The molecule has 1 atom stereocenters. The first-order valence-corrected chi connectivity index (χ1v) is 7.86. The lowest BCUT2D eigenvalue weighted by Gasteiger charge is -2.18. The molecule has 0 spiro atoms. The Morgan fingerprint density at radius 2 is 1.90 bits per heavy atom. The largest absolute Gasteiger partial charge is 0.370 e. The Labute approximate surface area is 129 Å². The van der Waals surface area contributed by atoms with Crippen LogP contribution in [0.2, 0.25) is 5.02 Å². The van der Waals surface area contributed by atoms with Crippen molar-refractivity contribution in [2.45, 2.75) is 38.3 Å². The normalized spacial score (nSPS) is 20.8. The molecule has 2 aliphatic rings. The monoisotopic (exact) mass is 300 g/mol. The molecule has 2 heterocycles. The lowest BCUT2D eigenvalue weighted by Crippen LogP contribution is -2.14. The van der Waals surface area contributed by atoms with Crippen molar-refractivity contribution in [3.8, 4) is 0 Å². The van der Waals surface area contributed by atoms with E-state index in [1.807, 2.05) is 24.3 Å². The number of benzene rings is 1. The second-order valence-corrected chi connectivity index (χ2v) is 6.15. The van der Waals surface area contributed by atoms with Crippen LogP contribution in [0.3, 0.4) is 0 Å². The number of hydrogen-bond donors (Lipinski definition) is 0. The number of rotatable bonds is 2. The van der Waals surface area contributed by atoms with Gasteiger partial charge in [-0.2, -0.15) is 0 Å². The summed E-state index contributed by atoms with van der Waals surface area (Å²) in [6.07, 6.45) is 7.88. The zero-order valence-corrected chi connectivity index (χ0v) is 12.5. The van der Waals surface area contributed by atoms with Crippen LogP contribution in [0, 0.1) is 0 Å². The summed E-state index contributed by atoms with van der Waals surface area (Å²) in [6, 6.07) is 10.0. The number of hydrogen-bond acceptors (Lipinski definition) is 2. The van der Waals surface area contributed by atoms with Gasteiger partial charge in [0.25, 0.3) is 0 Å². The highest BCUT2D eigenvalue weighted by molar-refractivity contribution is 6.30. The van der Waals surface area contributed by atoms with Gasteiger partial charge < -0.3 is 9.40 Å². The molecule has 0 fully saturated rings. The summed E-state index contributed by atoms with van der Waals surface area (Å²) < 4.78 is 2.26. The molecule has 4 rings (SSSR count). The molecule has 108 valence electrons. The SMILES string of the molecule is Clc1ccc(C2=NOC(n3ccc4c3CCCC4)C2)cc1. The first-order chi connectivity index (χ1) is 10.3. The van der Waals surface area contributed by atoms with E-state index in [-0.39, 0.29) is 6.23 Å². The minimum atomic E-state index is -0.00229. The second-order valence-electron chi connectivity index (χ2n) is 5.71. The Bertz CT molecular complexity index is 687. The zero-order valence-electron chi connectivity index (χ0n) is 11.8. The van der Waals surface area contributed by atoms with Crippen LogP contribution in [-0.4, -0.2) is 10.3 Å². The smallest absolute Gasteiger partial charge is 0.209 e. The molecule has 1 aliphatic carbocycles. The number of aryl methyl sites for hydroxylation is 1. The molecule has 1 aromatic heterocycles. The molecular weight excluding hydrogens is 284 g/mol. The van der Waals surface area contributed by atoms with Crippen molar-refractivity contribution in [3.63, 3.8) is 0 Å². The Kier molecular flexibility index (Phi) is 3.23. The molecule has 1 aliphatic heterocycles. The summed E-state index contributed by atoms with van der Waals surface area (Å²) in [4.78, 5) is 5.68. The van der Waals surface area contributed by atoms with Gasteiger partial charge in [-0.25, -0.2) is 0 Å². The lowest BCUT2D eigenvalue weighted by molar-refractivity contribution is 0.0303. The molecule has 0 saturated carbocycles. The van der Waals surface area contributed by atoms with Gasteiger partial charge >= 0.3 is 0 Å². The van der Waals surface area contributed by atoms with Crippen LogP contribution in [0.25, 0.3) is 0 Å². The van der Waals surface area contributed by atoms with Crippen molar-refractivity contribution >= 4 is 17.3 Å². The average molecular weight is 301 g/mol. The second kappa shape index (κ2) is 5.23. The van der Waals surface area contributed by atoms with Crippen molar-refractivity contribution in [3.05, 3.63) is 58.4 Å². The minimum absolute atomic E-state index is 0.00229. The summed E-state index contributed by atoms with van der Waals surface area (Å²) in [5.74, 6) is 0. The summed E-state index contributed by atoms with van der Waals surface area (Å²) in [7, 11) is 0. The molecule has 0 amide bonds. The van der Waals surface area contributed by atoms with Crippen LogP contribution in [0.1, 0.15) is 42.3 Å². The third-order valence-electron chi connectivity index (χ3n) is 4.37. The van der Waals surface area contributed by atoms with E-state index in [0.29, 0.717) is 0 Å². The van der Waals surface area contributed by atoms with Crippen molar-refractivity contribution < 1.29 is 4.84 Å². The quantitative estimate of drug-likeness (QED) is 0.810. The van der Waals surface area contributed by atoms with E-state index in [4.69, 9.17) is 16.4 Å². The summed E-state index contributed by atoms with van der Waals surface area (Å²) in [5, 5.41) is 5.02. The van der Waals surface area contributed by atoms with E-state index in [9.17, 15) is 0 Å².